The number of aryl methyl sites for hydroxylation is 1. The van der Waals surface area contributed by atoms with Gasteiger partial charge in [0.2, 0.25) is 5.91 Å². The lowest BCUT2D eigenvalue weighted by atomic mass is 9.75. The Labute approximate surface area is 139 Å². The first-order valence-corrected chi connectivity index (χ1v) is 8.82. The fraction of sp³-hybridized carbons (Fsp3) is 0.632. The van der Waals surface area contributed by atoms with Crippen LogP contribution in [-0.4, -0.2) is 37.6 Å². The van der Waals surface area contributed by atoms with Crippen molar-refractivity contribution in [3.63, 3.8) is 0 Å². The highest BCUT2D eigenvalue weighted by Gasteiger charge is 2.31. The minimum atomic E-state index is 0.0585. The van der Waals surface area contributed by atoms with Gasteiger partial charge in [0.25, 0.3) is 0 Å². The zero-order valence-electron chi connectivity index (χ0n) is 14.3. The molecular weight excluding hydrogens is 288 g/mol. The maximum Gasteiger partial charge on any atom is 0.238 e. The van der Waals surface area contributed by atoms with Crippen molar-refractivity contribution in [3.8, 4) is 5.75 Å². The number of nitrogens with zero attached hydrogens (tertiary/aromatic N) is 1. The van der Waals surface area contributed by atoms with Crippen LogP contribution in [0.4, 0.5) is 5.69 Å². The van der Waals surface area contributed by atoms with Crippen LogP contribution in [0, 0.1) is 18.8 Å². The van der Waals surface area contributed by atoms with Gasteiger partial charge in [-0.1, -0.05) is 25.3 Å². The van der Waals surface area contributed by atoms with Crippen molar-refractivity contribution in [2.75, 3.05) is 32.1 Å². The molecule has 1 heterocycles. The van der Waals surface area contributed by atoms with Crippen molar-refractivity contribution in [1.29, 1.82) is 0 Å². The Morgan fingerprint density at radius 2 is 2.04 bits per heavy atom. The number of nitrogens with one attached hydrogen (secondary N) is 1. The van der Waals surface area contributed by atoms with Gasteiger partial charge in [-0.2, -0.15) is 0 Å². The lowest BCUT2D eigenvalue weighted by Gasteiger charge is -2.41. The van der Waals surface area contributed by atoms with E-state index in [1.165, 1.54) is 32.1 Å². The monoisotopic (exact) mass is 316 g/mol. The molecule has 2 aliphatic rings. The molecule has 1 saturated heterocycles. The molecule has 0 spiro atoms. The number of amides is 1. The number of fused-ring (bicyclic) bond motifs is 1. The van der Waals surface area contributed by atoms with Crippen LogP contribution in [0.2, 0.25) is 0 Å². The van der Waals surface area contributed by atoms with Crippen molar-refractivity contribution in [2.45, 2.75) is 39.0 Å². The number of hydrogen-bond acceptors (Lipinski definition) is 3. The summed E-state index contributed by atoms with van der Waals surface area (Å²) >= 11 is 0. The van der Waals surface area contributed by atoms with E-state index in [9.17, 15) is 4.79 Å². The molecule has 126 valence electrons. The van der Waals surface area contributed by atoms with Crippen LogP contribution in [0.5, 0.6) is 5.75 Å². The summed E-state index contributed by atoms with van der Waals surface area (Å²) in [6, 6.07) is 5.85. The number of carbonyl (C=O) groups is 1. The van der Waals surface area contributed by atoms with E-state index in [2.05, 4.69) is 10.2 Å². The van der Waals surface area contributed by atoms with E-state index in [1.807, 2.05) is 25.1 Å². The number of likely N-dealkylation sites (tertiary alicyclic amines) is 1. The molecule has 2 atom stereocenters. The van der Waals surface area contributed by atoms with Gasteiger partial charge >= 0.3 is 0 Å². The van der Waals surface area contributed by atoms with Gasteiger partial charge in [-0.25, -0.2) is 0 Å². The maximum absolute atomic E-state index is 12.4. The number of benzene rings is 1. The van der Waals surface area contributed by atoms with Crippen LogP contribution in [-0.2, 0) is 4.79 Å². The van der Waals surface area contributed by atoms with Crippen LogP contribution in [0.25, 0.3) is 0 Å². The molecule has 4 nitrogen and oxygen atoms in total. The van der Waals surface area contributed by atoms with E-state index < -0.39 is 0 Å². The Balaban J connectivity index is 1.56. The predicted molar refractivity (Wildman–Crippen MR) is 92.9 cm³/mol. The van der Waals surface area contributed by atoms with Gasteiger partial charge in [0.15, 0.2) is 0 Å². The summed E-state index contributed by atoms with van der Waals surface area (Å²) in [5.74, 6) is 2.48. The molecular formula is C19H28N2O2. The van der Waals surface area contributed by atoms with E-state index in [0.717, 1.165) is 41.9 Å². The van der Waals surface area contributed by atoms with Crippen LogP contribution < -0.4 is 10.1 Å². The van der Waals surface area contributed by atoms with E-state index >= 15 is 0 Å². The maximum atomic E-state index is 12.4. The standard InChI is InChI=1S/C19H28N2O2/c1-14-7-8-18(23-2)17(11-14)20-19(22)13-21-10-9-15-5-3-4-6-16(15)12-21/h7-8,11,15-16H,3-6,9-10,12-13H2,1-2H3,(H,20,22). The van der Waals surface area contributed by atoms with E-state index in [-0.39, 0.29) is 5.91 Å². The van der Waals surface area contributed by atoms with E-state index in [0.29, 0.717) is 6.54 Å². The van der Waals surface area contributed by atoms with E-state index in [1.54, 1.807) is 7.11 Å². The van der Waals surface area contributed by atoms with Gasteiger partial charge in [0, 0.05) is 6.54 Å². The lowest BCUT2D eigenvalue weighted by Crippen LogP contribution is -2.44. The molecule has 1 N–H and O–H groups in total. The topological polar surface area (TPSA) is 41.6 Å². The Bertz CT molecular complexity index is 558. The van der Waals surface area contributed by atoms with Crippen LogP contribution in [0.1, 0.15) is 37.7 Å². The minimum Gasteiger partial charge on any atom is -0.495 e. The second kappa shape index (κ2) is 7.35. The van der Waals surface area contributed by atoms with Crippen LogP contribution in [0.15, 0.2) is 18.2 Å². The molecule has 1 aromatic carbocycles. The number of piperidine rings is 1. The van der Waals surface area contributed by atoms with Crippen LogP contribution in [0.3, 0.4) is 0 Å². The summed E-state index contributed by atoms with van der Waals surface area (Å²) in [5, 5.41) is 3.02. The average Bonchev–Trinajstić information content (AvgIpc) is 2.55. The molecule has 2 unspecified atom stereocenters. The number of hydrogen-bond donors (Lipinski definition) is 1. The predicted octanol–water partition coefficient (Wildman–Crippen LogP) is 3.45. The molecule has 0 bridgehead atoms. The Kier molecular flexibility index (Phi) is 5.21. The SMILES string of the molecule is COc1ccc(C)cc1NC(=O)CN1CCC2CCCCC2C1. The van der Waals surface area contributed by atoms with Crippen molar-refractivity contribution >= 4 is 11.6 Å². The van der Waals surface area contributed by atoms with Gasteiger partial charge < -0.3 is 10.1 Å². The normalized spacial score (nSPS) is 24.8. The van der Waals surface area contributed by atoms with Crippen molar-refractivity contribution in [1.82, 2.24) is 4.90 Å². The molecule has 1 amide bonds. The zero-order valence-corrected chi connectivity index (χ0v) is 14.3. The van der Waals surface area contributed by atoms with Gasteiger partial charge in [0.05, 0.1) is 19.3 Å². The highest BCUT2D eigenvalue weighted by Crippen LogP contribution is 2.36. The molecule has 1 aliphatic carbocycles. The number of ether oxygens (including phenoxy) is 1. The molecule has 23 heavy (non-hydrogen) atoms. The molecule has 4 heteroatoms. The Morgan fingerprint density at radius 3 is 2.83 bits per heavy atom. The summed E-state index contributed by atoms with van der Waals surface area (Å²) in [4.78, 5) is 14.7. The highest BCUT2D eigenvalue weighted by atomic mass is 16.5. The number of carbonyl (C=O) groups excluding carboxylic acids is 1. The zero-order chi connectivity index (χ0) is 16.2. The quantitative estimate of drug-likeness (QED) is 0.925. The van der Waals surface area contributed by atoms with Gasteiger partial charge in [-0.15, -0.1) is 0 Å². The Hall–Kier alpha value is -1.55. The van der Waals surface area contributed by atoms with Crippen LogP contribution >= 0.6 is 0 Å². The third-order valence-electron chi connectivity index (χ3n) is 5.37. The Morgan fingerprint density at radius 1 is 1.26 bits per heavy atom. The van der Waals surface area contributed by atoms with E-state index in [4.69, 9.17) is 4.74 Å². The molecule has 1 aromatic rings. The number of methoxy groups -OCH3 is 1. The third-order valence-corrected chi connectivity index (χ3v) is 5.37. The average molecular weight is 316 g/mol. The first kappa shape index (κ1) is 16.3. The fourth-order valence-corrected chi connectivity index (χ4v) is 4.13. The summed E-state index contributed by atoms with van der Waals surface area (Å²) in [5.41, 5.74) is 1.88. The largest absolute Gasteiger partial charge is 0.495 e. The highest BCUT2D eigenvalue weighted by molar-refractivity contribution is 5.93. The smallest absolute Gasteiger partial charge is 0.238 e. The first-order chi connectivity index (χ1) is 11.2. The molecule has 3 rings (SSSR count). The molecule has 1 saturated carbocycles. The van der Waals surface area contributed by atoms with Crippen molar-refractivity contribution < 1.29 is 9.53 Å². The van der Waals surface area contributed by atoms with Crippen molar-refractivity contribution in [2.24, 2.45) is 11.8 Å². The first-order valence-electron chi connectivity index (χ1n) is 8.82. The molecule has 0 radical (unpaired) electrons. The summed E-state index contributed by atoms with van der Waals surface area (Å²) in [6.07, 6.45) is 6.75. The summed E-state index contributed by atoms with van der Waals surface area (Å²) in [7, 11) is 1.63. The minimum absolute atomic E-state index is 0.0585. The summed E-state index contributed by atoms with van der Waals surface area (Å²) in [6.45, 7) is 4.64. The second-order valence-corrected chi connectivity index (χ2v) is 7.08. The van der Waals surface area contributed by atoms with Gasteiger partial charge in [0.1, 0.15) is 5.75 Å². The van der Waals surface area contributed by atoms with Gasteiger partial charge in [-0.3, -0.25) is 9.69 Å². The molecule has 2 fully saturated rings. The molecule has 0 aromatic heterocycles. The molecule has 1 aliphatic heterocycles. The number of rotatable bonds is 4. The fourth-order valence-electron chi connectivity index (χ4n) is 4.13. The third kappa shape index (κ3) is 4.05. The van der Waals surface area contributed by atoms with Crippen molar-refractivity contribution in [3.05, 3.63) is 23.8 Å². The second-order valence-electron chi connectivity index (χ2n) is 7.08. The lowest BCUT2D eigenvalue weighted by molar-refractivity contribution is -0.118. The number of anilines is 1. The summed E-state index contributed by atoms with van der Waals surface area (Å²) < 4.78 is 5.33. The van der Waals surface area contributed by atoms with Gasteiger partial charge in [-0.05, 0) is 55.8 Å².